The zero-order valence-electron chi connectivity index (χ0n) is 16.9. The number of fused-ring (bicyclic) bond motifs is 1. The van der Waals surface area contributed by atoms with Crippen LogP contribution < -0.4 is 16.4 Å². The molecule has 0 radical (unpaired) electrons. The van der Waals surface area contributed by atoms with E-state index in [2.05, 4.69) is 25.8 Å². The zero-order chi connectivity index (χ0) is 21.0. The number of hydrazine groups is 1. The van der Waals surface area contributed by atoms with Crippen molar-refractivity contribution in [2.75, 3.05) is 11.7 Å². The molecule has 29 heavy (non-hydrogen) atoms. The van der Waals surface area contributed by atoms with Crippen LogP contribution >= 0.6 is 11.8 Å². The number of hydrogen-bond donors (Lipinski definition) is 2. The largest absolute Gasteiger partial charge is 0.277 e. The standard InChI is InChI=1S/C20H24N6O2S/c1-5-26-18(28)15-8-6-7-9-16(15)23-19(26)25-24-17(27)11-10-14-12(2)21-20(29-4)22-13(14)3/h6-9H,5,10-11H2,1-4H3,(H,23,25)(H,24,27). The molecule has 9 heteroatoms. The Balaban J connectivity index is 1.69. The molecule has 0 fully saturated rings. The quantitative estimate of drug-likeness (QED) is 0.349. The minimum atomic E-state index is -0.206. The van der Waals surface area contributed by atoms with E-state index in [1.807, 2.05) is 33.1 Å². The van der Waals surface area contributed by atoms with Crippen LogP contribution in [0, 0.1) is 13.8 Å². The summed E-state index contributed by atoms with van der Waals surface area (Å²) in [6, 6.07) is 7.14. The first-order valence-corrected chi connectivity index (χ1v) is 10.6. The lowest BCUT2D eigenvalue weighted by Crippen LogP contribution is -2.34. The number of para-hydroxylation sites is 1. The Morgan fingerprint density at radius 2 is 1.83 bits per heavy atom. The molecule has 0 aliphatic rings. The van der Waals surface area contributed by atoms with E-state index in [0.717, 1.165) is 22.1 Å². The Hall–Kier alpha value is -2.94. The number of hydrogen-bond acceptors (Lipinski definition) is 7. The monoisotopic (exact) mass is 412 g/mol. The number of aromatic nitrogens is 4. The van der Waals surface area contributed by atoms with E-state index in [1.54, 1.807) is 18.2 Å². The van der Waals surface area contributed by atoms with Gasteiger partial charge in [-0.2, -0.15) is 0 Å². The Morgan fingerprint density at radius 1 is 1.14 bits per heavy atom. The van der Waals surface area contributed by atoms with Crippen molar-refractivity contribution in [1.82, 2.24) is 24.9 Å². The highest BCUT2D eigenvalue weighted by Gasteiger charge is 2.13. The second-order valence-electron chi connectivity index (χ2n) is 6.53. The van der Waals surface area contributed by atoms with Gasteiger partial charge in [-0.3, -0.25) is 25.0 Å². The van der Waals surface area contributed by atoms with Gasteiger partial charge in [-0.05, 0) is 51.1 Å². The first kappa shape index (κ1) is 20.8. The molecule has 1 amide bonds. The lowest BCUT2D eigenvalue weighted by molar-refractivity contribution is -0.120. The molecular formula is C20H24N6O2S. The van der Waals surface area contributed by atoms with Gasteiger partial charge < -0.3 is 0 Å². The Bertz CT molecular complexity index is 1090. The third-order valence-corrected chi connectivity index (χ3v) is 5.22. The van der Waals surface area contributed by atoms with Gasteiger partial charge in [0.1, 0.15) is 0 Å². The minimum Gasteiger partial charge on any atom is -0.277 e. The van der Waals surface area contributed by atoms with Crippen molar-refractivity contribution in [3.8, 4) is 0 Å². The predicted octanol–water partition coefficient (Wildman–Crippen LogP) is 2.62. The minimum absolute atomic E-state index is 0.146. The molecule has 3 rings (SSSR count). The van der Waals surface area contributed by atoms with E-state index in [0.29, 0.717) is 29.8 Å². The summed E-state index contributed by atoms with van der Waals surface area (Å²) in [4.78, 5) is 38.3. The Morgan fingerprint density at radius 3 is 2.48 bits per heavy atom. The molecule has 0 bridgehead atoms. The average molecular weight is 413 g/mol. The number of nitrogens with one attached hydrogen (secondary N) is 2. The van der Waals surface area contributed by atoms with Crippen LogP contribution in [0.4, 0.5) is 5.95 Å². The van der Waals surface area contributed by atoms with Crippen molar-refractivity contribution in [3.05, 3.63) is 51.6 Å². The number of thioether (sulfide) groups is 1. The lowest BCUT2D eigenvalue weighted by Gasteiger charge is -2.14. The number of anilines is 1. The fraction of sp³-hybridized carbons (Fsp3) is 0.350. The second-order valence-corrected chi connectivity index (χ2v) is 7.31. The molecule has 2 aromatic heterocycles. The molecule has 0 aliphatic heterocycles. The molecule has 0 unspecified atom stereocenters. The zero-order valence-corrected chi connectivity index (χ0v) is 17.8. The van der Waals surface area contributed by atoms with Gasteiger partial charge >= 0.3 is 0 Å². The average Bonchev–Trinajstić information content (AvgIpc) is 2.71. The molecule has 1 aromatic carbocycles. The van der Waals surface area contributed by atoms with E-state index in [4.69, 9.17) is 0 Å². The van der Waals surface area contributed by atoms with Crippen molar-refractivity contribution < 1.29 is 4.79 Å². The maximum Gasteiger partial charge on any atom is 0.262 e. The van der Waals surface area contributed by atoms with Gasteiger partial charge in [0, 0.05) is 24.4 Å². The molecular weight excluding hydrogens is 388 g/mol. The van der Waals surface area contributed by atoms with Crippen LogP contribution in [-0.2, 0) is 17.8 Å². The number of aryl methyl sites for hydroxylation is 2. The maximum absolute atomic E-state index is 12.6. The molecule has 0 aliphatic carbocycles. The van der Waals surface area contributed by atoms with Gasteiger partial charge in [-0.25, -0.2) is 15.0 Å². The van der Waals surface area contributed by atoms with E-state index < -0.39 is 0 Å². The summed E-state index contributed by atoms with van der Waals surface area (Å²) >= 11 is 1.49. The highest BCUT2D eigenvalue weighted by Crippen LogP contribution is 2.17. The lowest BCUT2D eigenvalue weighted by atomic mass is 10.1. The number of amides is 1. The molecule has 0 saturated heterocycles. The van der Waals surface area contributed by atoms with Gasteiger partial charge in [0.25, 0.3) is 5.56 Å². The normalized spacial score (nSPS) is 10.9. The number of benzene rings is 1. The van der Waals surface area contributed by atoms with Gasteiger partial charge in [-0.1, -0.05) is 23.9 Å². The van der Waals surface area contributed by atoms with Crippen LogP contribution in [0.2, 0.25) is 0 Å². The number of carbonyl (C=O) groups is 1. The molecule has 152 valence electrons. The molecule has 2 N–H and O–H groups in total. The van der Waals surface area contributed by atoms with Crippen molar-refractivity contribution in [1.29, 1.82) is 0 Å². The summed E-state index contributed by atoms with van der Waals surface area (Å²) in [7, 11) is 0. The van der Waals surface area contributed by atoms with Crippen LogP contribution in [0.1, 0.15) is 30.3 Å². The summed E-state index contributed by atoms with van der Waals surface area (Å²) < 4.78 is 1.49. The fourth-order valence-corrected chi connectivity index (χ4v) is 3.60. The van der Waals surface area contributed by atoms with Crippen molar-refractivity contribution in [2.45, 2.75) is 45.3 Å². The van der Waals surface area contributed by atoms with Crippen LogP contribution in [-0.4, -0.2) is 31.7 Å². The Kier molecular flexibility index (Phi) is 6.48. The smallest absolute Gasteiger partial charge is 0.262 e. The number of rotatable bonds is 7. The molecule has 0 atom stereocenters. The highest BCUT2D eigenvalue weighted by atomic mass is 32.2. The first-order chi connectivity index (χ1) is 13.9. The van der Waals surface area contributed by atoms with E-state index in [9.17, 15) is 9.59 Å². The fourth-order valence-electron chi connectivity index (χ4n) is 3.15. The highest BCUT2D eigenvalue weighted by molar-refractivity contribution is 7.98. The summed E-state index contributed by atoms with van der Waals surface area (Å²) in [5.41, 5.74) is 8.63. The maximum atomic E-state index is 12.6. The van der Waals surface area contributed by atoms with E-state index >= 15 is 0 Å². The molecule has 0 spiro atoms. The number of nitrogens with zero attached hydrogens (tertiary/aromatic N) is 4. The van der Waals surface area contributed by atoms with Crippen LogP contribution in [0.3, 0.4) is 0 Å². The summed E-state index contributed by atoms with van der Waals surface area (Å²) in [5, 5.41) is 1.28. The number of carbonyl (C=O) groups excluding carboxylic acids is 1. The van der Waals surface area contributed by atoms with Gasteiger partial charge in [0.05, 0.1) is 10.9 Å². The molecule has 3 aromatic rings. The summed E-state index contributed by atoms with van der Waals surface area (Å²) in [5.74, 6) is 0.104. The van der Waals surface area contributed by atoms with Crippen molar-refractivity contribution in [3.63, 3.8) is 0 Å². The Labute approximate surface area is 173 Å². The van der Waals surface area contributed by atoms with Crippen molar-refractivity contribution >= 4 is 34.5 Å². The van der Waals surface area contributed by atoms with Crippen LogP contribution in [0.15, 0.2) is 34.2 Å². The first-order valence-electron chi connectivity index (χ1n) is 9.37. The van der Waals surface area contributed by atoms with Gasteiger partial charge in [0.15, 0.2) is 5.16 Å². The van der Waals surface area contributed by atoms with Crippen LogP contribution in [0.5, 0.6) is 0 Å². The SMILES string of the molecule is CCn1c(NNC(=O)CCc2c(C)nc(SC)nc2C)nc2ccccc2c1=O. The van der Waals surface area contributed by atoms with Gasteiger partial charge in [-0.15, -0.1) is 0 Å². The molecule has 0 saturated carbocycles. The van der Waals surface area contributed by atoms with Crippen LogP contribution in [0.25, 0.3) is 10.9 Å². The topological polar surface area (TPSA) is 102 Å². The summed E-state index contributed by atoms with van der Waals surface area (Å²) in [6.07, 6.45) is 2.73. The second kappa shape index (κ2) is 9.04. The van der Waals surface area contributed by atoms with Gasteiger partial charge in [0.2, 0.25) is 11.9 Å². The summed E-state index contributed by atoms with van der Waals surface area (Å²) in [6.45, 7) is 6.15. The van der Waals surface area contributed by atoms with Crippen molar-refractivity contribution in [2.24, 2.45) is 0 Å². The van der Waals surface area contributed by atoms with E-state index in [1.165, 1.54) is 16.3 Å². The molecule has 8 nitrogen and oxygen atoms in total. The molecule has 2 heterocycles. The third kappa shape index (κ3) is 4.56. The predicted molar refractivity (Wildman–Crippen MR) is 115 cm³/mol. The third-order valence-electron chi connectivity index (χ3n) is 4.68. The van der Waals surface area contributed by atoms with E-state index in [-0.39, 0.29) is 17.9 Å².